The molecule has 0 unspecified atom stereocenters. The Morgan fingerprint density at radius 2 is 1.89 bits per heavy atom. The van der Waals surface area contributed by atoms with Gasteiger partial charge >= 0.3 is 0 Å². The average Bonchev–Trinajstić information content (AvgIpc) is 3.40. The third kappa shape index (κ3) is 4.45. The Hall–Kier alpha value is -5.06. The van der Waals surface area contributed by atoms with Crippen LogP contribution in [0.25, 0.3) is 33.9 Å². The highest BCUT2D eigenvalue weighted by Gasteiger charge is 2.20. The first-order chi connectivity index (χ1) is 18.4. The maximum Gasteiger partial charge on any atom is 0.263 e. The van der Waals surface area contributed by atoms with E-state index in [0.29, 0.717) is 47.3 Å². The molecule has 4 heterocycles. The molecule has 1 aliphatic heterocycles. The van der Waals surface area contributed by atoms with Crippen molar-refractivity contribution in [1.29, 1.82) is 0 Å². The summed E-state index contributed by atoms with van der Waals surface area (Å²) in [6.07, 6.45) is 1.46. The Balaban J connectivity index is 1.35. The van der Waals surface area contributed by atoms with Crippen molar-refractivity contribution in [2.45, 2.75) is 13.5 Å². The number of rotatable bonds is 5. The van der Waals surface area contributed by atoms with Crippen LogP contribution in [0, 0.1) is 12.7 Å². The van der Waals surface area contributed by atoms with E-state index >= 15 is 0 Å². The molecule has 0 aliphatic carbocycles. The molecule has 6 rings (SSSR count). The summed E-state index contributed by atoms with van der Waals surface area (Å²) >= 11 is 0. The van der Waals surface area contributed by atoms with Gasteiger partial charge in [0.1, 0.15) is 36.8 Å². The van der Waals surface area contributed by atoms with E-state index in [0.717, 1.165) is 0 Å². The van der Waals surface area contributed by atoms with E-state index in [1.807, 2.05) is 0 Å². The molecule has 1 amide bonds. The number of pyridine rings is 2. The van der Waals surface area contributed by atoms with Crippen molar-refractivity contribution >= 4 is 22.6 Å². The largest absolute Gasteiger partial charge is 0.486 e. The predicted octanol–water partition coefficient (Wildman–Crippen LogP) is 3.97. The van der Waals surface area contributed by atoms with Crippen molar-refractivity contribution in [3.63, 3.8) is 0 Å². The van der Waals surface area contributed by atoms with Crippen molar-refractivity contribution < 1.29 is 23.2 Å². The molecular formula is C27H20FN5O5. The third-order valence-corrected chi connectivity index (χ3v) is 5.94. The molecule has 0 bridgehead atoms. The molecule has 5 aromatic rings. The van der Waals surface area contributed by atoms with Crippen LogP contribution < -0.4 is 20.2 Å². The number of nitrogens with one attached hydrogen (secondary N) is 1. The average molecular weight is 513 g/mol. The molecule has 190 valence electrons. The van der Waals surface area contributed by atoms with Gasteiger partial charge in [0.15, 0.2) is 11.5 Å². The van der Waals surface area contributed by atoms with Crippen LogP contribution in [0.5, 0.6) is 11.5 Å². The molecular weight excluding hydrogens is 493 g/mol. The van der Waals surface area contributed by atoms with Crippen LogP contribution in [0.2, 0.25) is 0 Å². The van der Waals surface area contributed by atoms with Crippen LogP contribution in [0.4, 0.5) is 10.1 Å². The Labute approximate surface area is 214 Å². The zero-order chi connectivity index (χ0) is 26.2. The maximum atomic E-state index is 13.7. The standard InChI is InChI=1S/C27H20FN5O5/c1-15-5-7-19-24(35)20(27-31-25(32-38-27)16-3-2-4-17(28)11-16)13-33(26(19)29-15)14-23(34)30-18-6-8-21-22(12-18)37-10-9-36-21/h2-8,11-13H,9-10,14H2,1H3,(H,30,34). The fourth-order valence-electron chi connectivity index (χ4n) is 4.19. The van der Waals surface area contributed by atoms with Gasteiger partial charge in [-0.2, -0.15) is 4.98 Å². The van der Waals surface area contributed by atoms with Gasteiger partial charge in [0, 0.05) is 29.2 Å². The lowest BCUT2D eigenvalue weighted by Gasteiger charge is -2.19. The first-order valence-corrected chi connectivity index (χ1v) is 11.7. The Kier molecular flexibility index (Phi) is 5.79. The minimum Gasteiger partial charge on any atom is -0.486 e. The van der Waals surface area contributed by atoms with Crippen molar-refractivity contribution in [2.75, 3.05) is 18.5 Å². The Bertz CT molecular complexity index is 1760. The van der Waals surface area contributed by atoms with Gasteiger partial charge in [0.05, 0.1) is 5.39 Å². The Morgan fingerprint density at radius 1 is 1.05 bits per heavy atom. The summed E-state index contributed by atoms with van der Waals surface area (Å²) < 4.78 is 31.7. The van der Waals surface area contributed by atoms with Crippen molar-refractivity contribution in [3.05, 3.63) is 82.5 Å². The highest BCUT2D eigenvalue weighted by atomic mass is 19.1. The number of aromatic nitrogens is 4. The molecule has 0 radical (unpaired) electrons. The second kappa shape index (κ2) is 9.43. The number of hydrogen-bond donors (Lipinski definition) is 1. The van der Waals surface area contributed by atoms with Gasteiger partial charge in [0.2, 0.25) is 17.2 Å². The molecule has 1 aliphatic rings. The van der Waals surface area contributed by atoms with Crippen molar-refractivity contribution in [2.24, 2.45) is 0 Å². The predicted molar refractivity (Wildman–Crippen MR) is 135 cm³/mol. The number of halogens is 1. The summed E-state index contributed by atoms with van der Waals surface area (Å²) in [5.74, 6) is 0.427. The number of ether oxygens (including phenoxy) is 2. The van der Waals surface area contributed by atoms with Gasteiger partial charge < -0.3 is 23.9 Å². The first-order valence-electron chi connectivity index (χ1n) is 11.7. The number of carbonyl (C=O) groups is 1. The molecule has 0 saturated carbocycles. The highest BCUT2D eigenvalue weighted by Crippen LogP contribution is 2.32. The molecule has 11 heteroatoms. The van der Waals surface area contributed by atoms with Gasteiger partial charge in [-0.3, -0.25) is 9.59 Å². The summed E-state index contributed by atoms with van der Waals surface area (Å²) in [6, 6.07) is 14.2. The molecule has 3 aromatic heterocycles. The van der Waals surface area contributed by atoms with Gasteiger partial charge in [-0.25, -0.2) is 9.37 Å². The van der Waals surface area contributed by atoms with E-state index in [-0.39, 0.29) is 40.5 Å². The number of carbonyl (C=O) groups excluding carboxylic acids is 1. The van der Waals surface area contributed by atoms with Crippen LogP contribution in [0.3, 0.4) is 0 Å². The lowest BCUT2D eigenvalue weighted by Crippen LogP contribution is -2.22. The zero-order valence-electron chi connectivity index (χ0n) is 20.1. The number of fused-ring (bicyclic) bond motifs is 2. The van der Waals surface area contributed by atoms with Crippen LogP contribution in [-0.2, 0) is 11.3 Å². The third-order valence-electron chi connectivity index (χ3n) is 5.94. The summed E-state index contributed by atoms with van der Waals surface area (Å²) in [7, 11) is 0. The monoisotopic (exact) mass is 513 g/mol. The van der Waals surface area contributed by atoms with Crippen LogP contribution in [0.1, 0.15) is 5.69 Å². The van der Waals surface area contributed by atoms with Gasteiger partial charge in [-0.15, -0.1) is 0 Å². The molecule has 0 atom stereocenters. The first kappa shape index (κ1) is 23.3. The van der Waals surface area contributed by atoms with E-state index in [1.54, 1.807) is 47.9 Å². The number of amides is 1. The van der Waals surface area contributed by atoms with E-state index < -0.39 is 5.82 Å². The topological polar surface area (TPSA) is 121 Å². The highest BCUT2D eigenvalue weighted by molar-refractivity contribution is 5.92. The smallest absolute Gasteiger partial charge is 0.263 e. The van der Waals surface area contributed by atoms with Gasteiger partial charge in [-0.1, -0.05) is 17.3 Å². The quantitative estimate of drug-likeness (QED) is 0.375. The summed E-state index contributed by atoms with van der Waals surface area (Å²) in [6.45, 7) is 2.54. The van der Waals surface area contributed by atoms with Gasteiger partial charge in [-0.05, 0) is 43.3 Å². The summed E-state index contributed by atoms with van der Waals surface area (Å²) in [5.41, 5.74) is 1.65. The molecule has 1 N–H and O–H groups in total. The summed E-state index contributed by atoms with van der Waals surface area (Å²) in [5, 5.41) is 7.02. The number of anilines is 1. The van der Waals surface area contributed by atoms with Crippen LogP contribution in [-0.4, -0.2) is 38.8 Å². The van der Waals surface area contributed by atoms with Crippen molar-refractivity contribution in [1.82, 2.24) is 19.7 Å². The van der Waals surface area contributed by atoms with E-state index in [9.17, 15) is 14.0 Å². The number of hydrogen-bond acceptors (Lipinski definition) is 8. The number of nitrogens with zero attached hydrogens (tertiary/aromatic N) is 4. The second-order valence-electron chi connectivity index (χ2n) is 8.66. The van der Waals surface area contributed by atoms with Crippen LogP contribution >= 0.6 is 0 Å². The van der Waals surface area contributed by atoms with Crippen molar-refractivity contribution in [3.8, 4) is 34.3 Å². The molecule has 0 saturated heterocycles. The minimum atomic E-state index is -0.451. The lowest BCUT2D eigenvalue weighted by atomic mass is 10.1. The fourth-order valence-corrected chi connectivity index (χ4v) is 4.19. The Morgan fingerprint density at radius 3 is 2.74 bits per heavy atom. The summed E-state index contributed by atoms with van der Waals surface area (Å²) in [4.78, 5) is 35.2. The maximum absolute atomic E-state index is 13.7. The minimum absolute atomic E-state index is 0.0577. The second-order valence-corrected chi connectivity index (χ2v) is 8.66. The van der Waals surface area contributed by atoms with E-state index in [2.05, 4.69) is 20.4 Å². The fraction of sp³-hybridized carbons (Fsp3) is 0.148. The molecule has 38 heavy (non-hydrogen) atoms. The van der Waals surface area contributed by atoms with E-state index in [4.69, 9.17) is 14.0 Å². The molecule has 0 spiro atoms. The normalized spacial score (nSPS) is 12.5. The molecule has 2 aromatic carbocycles. The van der Waals surface area contributed by atoms with Gasteiger partial charge in [0.25, 0.3) is 5.89 Å². The lowest BCUT2D eigenvalue weighted by molar-refractivity contribution is -0.116. The van der Waals surface area contributed by atoms with E-state index in [1.165, 1.54) is 24.4 Å². The zero-order valence-corrected chi connectivity index (χ0v) is 20.1. The number of benzene rings is 2. The number of aryl methyl sites for hydroxylation is 1. The van der Waals surface area contributed by atoms with Crippen LogP contribution in [0.15, 0.2) is 70.1 Å². The molecule has 10 nitrogen and oxygen atoms in total. The SMILES string of the molecule is Cc1ccc2c(=O)c(-c3nc(-c4cccc(F)c4)no3)cn(CC(=O)Nc3ccc4c(c3)OCCO4)c2n1. The molecule has 0 fully saturated rings.